The minimum Gasteiger partial charge on any atom is -0.748 e. The first-order chi connectivity index (χ1) is 28.5. The van der Waals surface area contributed by atoms with Crippen LogP contribution in [0.4, 0.5) is 0 Å². The van der Waals surface area contributed by atoms with Crippen molar-refractivity contribution in [3.63, 3.8) is 0 Å². The third kappa shape index (κ3) is 13.3. The summed E-state index contributed by atoms with van der Waals surface area (Å²) >= 11 is 5.09. The number of hydrogen-bond donors (Lipinski definition) is 0. The maximum absolute atomic E-state index is 11.9. The number of rotatable bonds is 15. The van der Waals surface area contributed by atoms with Crippen molar-refractivity contribution in [2.45, 2.75) is 105 Å². The Kier molecular flexibility index (Phi) is 16.7. The number of ketones is 3. The van der Waals surface area contributed by atoms with Gasteiger partial charge in [-0.25, -0.2) is 8.42 Å². The van der Waals surface area contributed by atoms with Crippen molar-refractivity contribution < 1.29 is 27.4 Å². The third-order valence-electron chi connectivity index (χ3n) is 9.36. The highest BCUT2D eigenvalue weighted by Gasteiger charge is 2.29. The Morgan fingerprint density at radius 2 is 0.750 bits per heavy atom. The summed E-state index contributed by atoms with van der Waals surface area (Å²) in [6.07, 6.45) is 1.23. The van der Waals surface area contributed by atoms with Crippen LogP contribution in [0.25, 0.3) is 0 Å². The SMILES string of the molecule is CC(=O)c1ccc(Sc2ccc([S+](c3ccc(Sc4ccc(C(C)=O)c(C)c4)cc3)c3ccc(Sc4ccc(C(C)=O)c(C)c4)cc3)cc2)cc1C.CCCCS(=O)(=O)[O-]. The summed E-state index contributed by atoms with van der Waals surface area (Å²) in [5, 5.41) is 0. The molecule has 11 heteroatoms. The Morgan fingerprint density at radius 3 is 0.950 bits per heavy atom. The Bertz CT molecular complexity index is 2330. The first-order valence-electron chi connectivity index (χ1n) is 19.4. The lowest BCUT2D eigenvalue weighted by molar-refractivity contribution is 0.100. The highest BCUT2D eigenvalue weighted by atomic mass is 32.2. The molecule has 0 fully saturated rings. The molecule has 0 aliphatic carbocycles. The number of carbonyl (C=O) groups is 3. The molecule has 0 amide bonds. The summed E-state index contributed by atoms with van der Waals surface area (Å²) in [4.78, 5) is 46.2. The molecule has 310 valence electrons. The second-order valence-electron chi connectivity index (χ2n) is 14.2. The maximum Gasteiger partial charge on any atom is 0.166 e. The van der Waals surface area contributed by atoms with E-state index in [0.717, 1.165) is 69.2 Å². The fraction of sp³-hybridized carbons (Fsp3) is 0.204. The molecule has 6 aromatic carbocycles. The number of hydrogen-bond acceptors (Lipinski definition) is 9. The van der Waals surface area contributed by atoms with Gasteiger partial charge in [0.2, 0.25) is 0 Å². The molecule has 0 saturated heterocycles. The standard InChI is InChI=1S/C45H39O3S4.C4H10O3S/c1-28-25-37(13-22-43(28)31(4)46)49-34-7-16-40(17-8-34)52(41-18-9-35(10-19-41)50-38-14-23-44(32(5)47)29(2)26-38)42-20-11-36(12-21-42)51-39-15-24-45(33(6)48)30(3)27-39;1-2-3-4-8(5,6)7/h7-27H,1-6H3;2-4H2,1H3,(H,5,6,7)/q+1;/p-1. The molecule has 6 nitrogen and oxygen atoms in total. The van der Waals surface area contributed by atoms with Crippen molar-refractivity contribution in [1.29, 1.82) is 0 Å². The van der Waals surface area contributed by atoms with E-state index in [-0.39, 0.29) is 34.0 Å². The van der Waals surface area contributed by atoms with Crippen LogP contribution in [0.3, 0.4) is 0 Å². The Labute approximate surface area is 370 Å². The Morgan fingerprint density at radius 1 is 0.483 bits per heavy atom. The molecule has 60 heavy (non-hydrogen) atoms. The molecule has 0 unspecified atom stereocenters. The van der Waals surface area contributed by atoms with Gasteiger partial charge in [-0.3, -0.25) is 14.4 Å². The predicted octanol–water partition coefficient (Wildman–Crippen LogP) is 13.1. The first-order valence-corrected chi connectivity index (χ1v) is 24.6. The molecule has 6 rings (SSSR count). The minimum atomic E-state index is -3.94. The molecule has 0 spiro atoms. The highest BCUT2D eigenvalue weighted by molar-refractivity contribution is 8.00. The van der Waals surface area contributed by atoms with E-state index in [4.69, 9.17) is 0 Å². The van der Waals surface area contributed by atoms with Gasteiger partial charge in [0, 0.05) is 51.8 Å². The Hall–Kier alpha value is -4.36. The van der Waals surface area contributed by atoms with Crippen LogP contribution in [0.5, 0.6) is 0 Å². The van der Waals surface area contributed by atoms with Gasteiger partial charge in [0.1, 0.15) is 0 Å². The molecule has 0 aliphatic heterocycles. The lowest BCUT2D eigenvalue weighted by Gasteiger charge is -2.11. The minimum absolute atomic E-state index is 0.0838. The smallest absolute Gasteiger partial charge is 0.166 e. The zero-order valence-corrected chi connectivity index (χ0v) is 38.8. The number of benzene rings is 6. The average Bonchev–Trinajstić information content (AvgIpc) is 3.19. The van der Waals surface area contributed by atoms with Crippen molar-refractivity contribution >= 4 is 73.6 Å². The van der Waals surface area contributed by atoms with Crippen molar-refractivity contribution in [3.05, 3.63) is 161 Å². The summed E-state index contributed by atoms with van der Waals surface area (Å²) in [5.41, 5.74) is 5.26. The van der Waals surface area contributed by atoms with E-state index >= 15 is 0 Å². The van der Waals surface area contributed by atoms with Gasteiger partial charge in [0.05, 0.1) is 21.0 Å². The summed E-state index contributed by atoms with van der Waals surface area (Å²) in [5.74, 6) is 0.0327. The zero-order valence-electron chi connectivity index (χ0n) is 34.7. The fourth-order valence-corrected chi connectivity index (χ4v) is 11.8. The Balaban J connectivity index is 0.000000774. The fourth-order valence-electron chi connectivity index (χ4n) is 6.35. The summed E-state index contributed by atoms with van der Waals surface area (Å²) in [6.45, 7) is 12.6. The van der Waals surface area contributed by atoms with Crippen LogP contribution in [0.1, 0.15) is 88.3 Å². The molecule has 0 saturated carbocycles. The van der Waals surface area contributed by atoms with E-state index in [0.29, 0.717) is 6.42 Å². The predicted molar refractivity (Wildman–Crippen MR) is 247 cm³/mol. The molecular formula is C49H48O6S5. The molecule has 0 heterocycles. The van der Waals surface area contributed by atoms with Gasteiger partial charge in [-0.15, -0.1) is 0 Å². The van der Waals surface area contributed by atoms with E-state index in [9.17, 15) is 27.4 Å². The van der Waals surface area contributed by atoms with Gasteiger partial charge in [0.25, 0.3) is 0 Å². The number of unbranched alkanes of at least 4 members (excludes halogenated alkanes) is 1. The molecule has 0 N–H and O–H groups in total. The van der Waals surface area contributed by atoms with Gasteiger partial charge in [-0.1, -0.05) is 66.8 Å². The van der Waals surface area contributed by atoms with Crippen molar-refractivity contribution in [2.24, 2.45) is 0 Å². The van der Waals surface area contributed by atoms with Crippen LogP contribution in [-0.4, -0.2) is 36.1 Å². The summed E-state index contributed by atoms with van der Waals surface area (Å²) < 4.78 is 29.5. The second kappa shape index (κ2) is 21.4. The van der Waals surface area contributed by atoms with Gasteiger partial charge < -0.3 is 4.55 Å². The van der Waals surface area contributed by atoms with Crippen molar-refractivity contribution in [3.8, 4) is 0 Å². The molecular weight excluding hydrogens is 845 g/mol. The monoisotopic (exact) mass is 892 g/mol. The largest absolute Gasteiger partial charge is 0.748 e. The average molecular weight is 893 g/mol. The molecule has 0 radical (unpaired) electrons. The van der Waals surface area contributed by atoms with Crippen LogP contribution in [0.2, 0.25) is 0 Å². The molecule has 0 bridgehead atoms. The normalized spacial score (nSPS) is 11.2. The summed E-state index contributed by atoms with van der Waals surface area (Å²) in [6, 6.07) is 44.5. The molecule has 0 aromatic heterocycles. The summed E-state index contributed by atoms with van der Waals surface area (Å²) in [7, 11) is -4.29. The quantitative estimate of drug-likeness (QED) is 0.0565. The zero-order chi connectivity index (χ0) is 43.6. The van der Waals surface area contributed by atoms with E-state index in [1.807, 2.05) is 64.1 Å². The number of aryl methyl sites for hydroxylation is 3. The maximum atomic E-state index is 11.9. The van der Waals surface area contributed by atoms with Gasteiger partial charge >= 0.3 is 0 Å². The second-order valence-corrected chi connectivity index (χ2v) is 21.2. The van der Waals surface area contributed by atoms with Crippen LogP contribution >= 0.6 is 35.3 Å². The number of carbonyl (C=O) groups excluding carboxylic acids is 3. The first kappa shape index (κ1) is 46.7. The van der Waals surface area contributed by atoms with E-state index < -0.39 is 10.1 Å². The molecule has 6 aromatic rings. The van der Waals surface area contributed by atoms with E-state index in [1.54, 1.807) is 56.1 Å². The van der Waals surface area contributed by atoms with Gasteiger partial charge in [-0.2, -0.15) is 0 Å². The van der Waals surface area contributed by atoms with E-state index in [1.165, 1.54) is 14.7 Å². The van der Waals surface area contributed by atoms with Crippen LogP contribution in [-0.2, 0) is 21.0 Å². The lowest BCUT2D eigenvalue weighted by atomic mass is 10.1. The van der Waals surface area contributed by atoms with Crippen molar-refractivity contribution in [1.82, 2.24) is 0 Å². The third-order valence-corrected chi connectivity index (χ3v) is 15.4. The lowest BCUT2D eigenvalue weighted by Crippen LogP contribution is -2.04. The van der Waals surface area contributed by atoms with Crippen LogP contribution < -0.4 is 0 Å². The number of Topliss-reactive ketones (excluding diaryl/α,β-unsaturated/α-hetero) is 3. The topological polar surface area (TPSA) is 108 Å². The van der Waals surface area contributed by atoms with Gasteiger partial charge in [-0.05, 0) is 174 Å². The van der Waals surface area contributed by atoms with E-state index in [2.05, 4.69) is 91.0 Å². The van der Waals surface area contributed by atoms with Crippen LogP contribution in [0.15, 0.2) is 171 Å². The van der Waals surface area contributed by atoms with Crippen molar-refractivity contribution in [2.75, 3.05) is 5.75 Å². The molecule has 0 atom stereocenters. The van der Waals surface area contributed by atoms with Gasteiger partial charge in [0.15, 0.2) is 32.0 Å². The highest BCUT2D eigenvalue weighted by Crippen LogP contribution is 2.38. The van der Waals surface area contributed by atoms with Crippen LogP contribution in [0, 0.1) is 20.8 Å². The molecule has 0 aliphatic rings.